The van der Waals surface area contributed by atoms with Crippen LogP contribution >= 0.6 is 0 Å². The number of hydrogen-bond donors (Lipinski definition) is 3. The monoisotopic (exact) mass is 235 g/mol. The molecule has 0 bridgehead atoms. The molecule has 1 saturated heterocycles. The highest BCUT2D eigenvalue weighted by atomic mass is 32.2. The number of β-lactam (4-membered cyclic amide) rings is 1. The van der Waals surface area contributed by atoms with E-state index in [-0.39, 0.29) is 4.31 Å². The van der Waals surface area contributed by atoms with Gasteiger partial charge in [-0.25, -0.2) is 4.31 Å². The van der Waals surface area contributed by atoms with Gasteiger partial charge in [0.15, 0.2) is 0 Å². The Bertz CT molecular complexity index is 428. The van der Waals surface area contributed by atoms with Crippen molar-refractivity contribution < 1.29 is 22.6 Å². The molecule has 1 rings (SSSR count). The second-order valence-electron chi connectivity index (χ2n) is 2.89. The Labute approximate surface area is 85.4 Å². The van der Waals surface area contributed by atoms with E-state index >= 15 is 0 Å². The highest BCUT2D eigenvalue weighted by Crippen LogP contribution is 2.22. The summed E-state index contributed by atoms with van der Waals surface area (Å²) in [5, 5.41) is 0. The van der Waals surface area contributed by atoms with Gasteiger partial charge in [0.1, 0.15) is 6.04 Å². The third-order valence-electron chi connectivity index (χ3n) is 1.85. The van der Waals surface area contributed by atoms with Gasteiger partial charge in [0.25, 0.3) is 5.91 Å². The molecule has 2 amide bonds. The Morgan fingerprint density at radius 1 is 1.53 bits per heavy atom. The van der Waals surface area contributed by atoms with Crippen molar-refractivity contribution in [1.82, 2.24) is 4.31 Å². The van der Waals surface area contributed by atoms with Crippen molar-refractivity contribution in [3.63, 3.8) is 0 Å². The van der Waals surface area contributed by atoms with Crippen molar-refractivity contribution in [3.05, 3.63) is 12.2 Å². The molecule has 0 saturated carbocycles. The van der Waals surface area contributed by atoms with Gasteiger partial charge in [0.05, 0.1) is 6.04 Å². The van der Waals surface area contributed by atoms with Gasteiger partial charge in [-0.1, -0.05) is 6.08 Å². The highest BCUT2D eigenvalue weighted by molar-refractivity contribution is 7.84. The fourth-order valence-corrected chi connectivity index (χ4v) is 2.02. The normalized spacial score (nSPS) is 26.8. The molecule has 9 heteroatoms. The molecular formula is C6H9N3O5S. The van der Waals surface area contributed by atoms with Gasteiger partial charge < -0.3 is 11.5 Å². The molecule has 0 spiro atoms. The summed E-state index contributed by atoms with van der Waals surface area (Å²) in [6.07, 6.45) is 1.91. The van der Waals surface area contributed by atoms with Crippen LogP contribution in [0, 0.1) is 0 Å². The van der Waals surface area contributed by atoms with Gasteiger partial charge in [-0.3, -0.25) is 14.1 Å². The molecule has 0 aromatic rings. The summed E-state index contributed by atoms with van der Waals surface area (Å²) in [5.41, 5.74) is 10.0. The predicted molar refractivity (Wildman–Crippen MR) is 48.5 cm³/mol. The first-order valence-corrected chi connectivity index (χ1v) is 5.18. The van der Waals surface area contributed by atoms with Gasteiger partial charge in [0, 0.05) is 6.08 Å². The van der Waals surface area contributed by atoms with Crippen LogP contribution in [0.3, 0.4) is 0 Å². The zero-order valence-corrected chi connectivity index (χ0v) is 8.22. The lowest BCUT2D eigenvalue weighted by Gasteiger charge is -2.40. The number of amides is 2. The van der Waals surface area contributed by atoms with Crippen LogP contribution in [0.25, 0.3) is 0 Å². The van der Waals surface area contributed by atoms with E-state index in [9.17, 15) is 18.0 Å². The average Bonchev–Trinajstić information content (AvgIpc) is 2.07. The maximum absolute atomic E-state index is 11.0. The lowest BCUT2D eigenvalue weighted by atomic mass is 10.00. The van der Waals surface area contributed by atoms with Crippen molar-refractivity contribution in [2.45, 2.75) is 12.1 Å². The topological polar surface area (TPSA) is 144 Å². The largest absolute Gasteiger partial charge is 0.366 e. The van der Waals surface area contributed by atoms with Gasteiger partial charge in [-0.2, -0.15) is 8.42 Å². The minimum absolute atomic E-state index is 0.178. The van der Waals surface area contributed by atoms with Gasteiger partial charge in [-0.15, -0.1) is 0 Å². The Morgan fingerprint density at radius 2 is 2.07 bits per heavy atom. The van der Waals surface area contributed by atoms with E-state index in [2.05, 4.69) is 0 Å². The highest BCUT2D eigenvalue weighted by Gasteiger charge is 2.49. The number of nitrogens with two attached hydrogens (primary N) is 2. The summed E-state index contributed by atoms with van der Waals surface area (Å²) in [7, 11) is -4.64. The molecule has 0 radical (unpaired) electrons. The molecule has 5 N–H and O–H groups in total. The van der Waals surface area contributed by atoms with E-state index in [4.69, 9.17) is 16.0 Å². The van der Waals surface area contributed by atoms with E-state index in [1.54, 1.807) is 0 Å². The van der Waals surface area contributed by atoms with E-state index in [1.807, 2.05) is 0 Å². The van der Waals surface area contributed by atoms with Gasteiger partial charge in [0.2, 0.25) is 5.91 Å². The molecule has 1 heterocycles. The molecule has 2 atom stereocenters. The summed E-state index contributed by atoms with van der Waals surface area (Å²) in [5.74, 6) is -1.74. The second-order valence-corrected chi connectivity index (χ2v) is 4.18. The van der Waals surface area contributed by atoms with Gasteiger partial charge in [-0.05, 0) is 0 Å². The van der Waals surface area contributed by atoms with Crippen LogP contribution in [0.2, 0.25) is 0 Å². The molecule has 15 heavy (non-hydrogen) atoms. The molecule has 0 aromatic heterocycles. The first-order chi connectivity index (χ1) is 6.75. The van der Waals surface area contributed by atoms with Gasteiger partial charge >= 0.3 is 10.3 Å². The molecule has 1 fully saturated rings. The van der Waals surface area contributed by atoms with Crippen molar-refractivity contribution in [2.75, 3.05) is 0 Å². The summed E-state index contributed by atoms with van der Waals surface area (Å²) in [6.45, 7) is 0. The number of carbonyl (C=O) groups is 2. The average molecular weight is 235 g/mol. The summed E-state index contributed by atoms with van der Waals surface area (Å²) in [4.78, 5) is 21.3. The molecule has 0 aromatic carbocycles. The van der Waals surface area contributed by atoms with E-state index in [0.29, 0.717) is 0 Å². The Hall–Kier alpha value is -1.45. The summed E-state index contributed by atoms with van der Waals surface area (Å²) >= 11 is 0. The van der Waals surface area contributed by atoms with Crippen molar-refractivity contribution in [1.29, 1.82) is 0 Å². The fourth-order valence-electron chi connectivity index (χ4n) is 1.16. The Balaban J connectivity index is 2.90. The third kappa shape index (κ3) is 2.14. The maximum atomic E-state index is 11.0. The first kappa shape index (κ1) is 11.6. The number of nitrogens with zero attached hydrogens (tertiary/aromatic N) is 1. The minimum Gasteiger partial charge on any atom is -0.366 e. The molecule has 0 unspecified atom stereocenters. The van der Waals surface area contributed by atoms with Crippen LogP contribution in [0.4, 0.5) is 0 Å². The lowest BCUT2D eigenvalue weighted by molar-refractivity contribution is -0.138. The smallest absolute Gasteiger partial charge is 0.362 e. The quantitative estimate of drug-likeness (QED) is 0.277. The van der Waals surface area contributed by atoms with Crippen LogP contribution < -0.4 is 11.5 Å². The fraction of sp³-hybridized carbons (Fsp3) is 0.333. The van der Waals surface area contributed by atoms with Crippen LogP contribution in [0.1, 0.15) is 0 Å². The summed E-state index contributed by atoms with van der Waals surface area (Å²) < 4.78 is 30.2. The van der Waals surface area contributed by atoms with Crippen LogP contribution in [0.5, 0.6) is 0 Å². The molecule has 84 valence electrons. The second kappa shape index (κ2) is 3.61. The maximum Gasteiger partial charge on any atom is 0.362 e. The van der Waals surface area contributed by atoms with Crippen LogP contribution in [-0.2, 0) is 19.9 Å². The van der Waals surface area contributed by atoms with E-state index in [1.165, 1.54) is 0 Å². The first-order valence-electron chi connectivity index (χ1n) is 3.79. The molecular weight excluding hydrogens is 226 g/mol. The molecule has 1 aliphatic rings. The zero-order valence-electron chi connectivity index (χ0n) is 7.40. The van der Waals surface area contributed by atoms with Crippen LogP contribution in [-0.4, -0.2) is 41.2 Å². The lowest BCUT2D eigenvalue weighted by Crippen LogP contribution is -2.69. The van der Waals surface area contributed by atoms with Crippen molar-refractivity contribution in [2.24, 2.45) is 11.5 Å². The van der Waals surface area contributed by atoms with Crippen molar-refractivity contribution in [3.8, 4) is 0 Å². The molecule has 8 nitrogen and oxygen atoms in total. The number of primary amides is 1. The predicted octanol–water partition coefficient (Wildman–Crippen LogP) is -2.63. The zero-order chi connectivity index (χ0) is 11.8. The van der Waals surface area contributed by atoms with Crippen molar-refractivity contribution >= 4 is 22.1 Å². The minimum atomic E-state index is -4.64. The van der Waals surface area contributed by atoms with E-state index in [0.717, 1.165) is 12.2 Å². The van der Waals surface area contributed by atoms with E-state index < -0.39 is 34.2 Å². The number of carbonyl (C=O) groups excluding carboxylic acids is 2. The molecule has 1 aliphatic heterocycles. The third-order valence-corrected chi connectivity index (χ3v) is 2.77. The summed E-state index contributed by atoms with van der Waals surface area (Å²) in [6, 6.07) is -2.16. The Morgan fingerprint density at radius 3 is 2.47 bits per heavy atom. The number of rotatable bonds is 3. The molecule has 0 aliphatic carbocycles. The Kier molecular flexibility index (Phi) is 2.79. The van der Waals surface area contributed by atoms with Crippen LogP contribution in [0.15, 0.2) is 12.2 Å². The standard InChI is InChI=1S/C6H9N3O5S/c7-4(10)2-1-3-5(8)6(11)9(3)15(12,13)14/h1-3,5H,8H2,(H2,7,10)(H,12,13,14)/t3-,5-/m0/s1. The number of hydrogen-bond acceptors (Lipinski definition) is 5. The SMILES string of the molecule is NC(=O)C=C[C@H]1[C@H](N)C(=O)N1S(=O)(=O)O.